The van der Waals surface area contributed by atoms with E-state index in [1.807, 2.05) is 0 Å². The number of fused-ring (bicyclic) bond motifs is 1. The van der Waals surface area contributed by atoms with E-state index in [0.29, 0.717) is 28.8 Å². The van der Waals surface area contributed by atoms with Gasteiger partial charge in [0.15, 0.2) is 6.10 Å². The largest absolute Gasteiger partial charge is 0.493 e. The van der Waals surface area contributed by atoms with Gasteiger partial charge in [-0.15, -0.1) is 0 Å². The van der Waals surface area contributed by atoms with Crippen LogP contribution in [0.15, 0.2) is 47.2 Å². The highest BCUT2D eigenvalue weighted by Crippen LogP contribution is 2.44. The highest BCUT2D eigenvalue weighted by molar-refractivity contribution is 9.10. The molecule has 1 atom stereocenters. The molecule has 10 heteroatoms. The fourth-order valence-electron chi connectivity index (χ4n) is 3.81. The number of aryl methyl sites for hydroxylation is 1. The number of rotatable bonds is 4. The molecule has 0 fully saturated rings. The van der Waals surface area contributed by atoms with E-state index < -0.39 is 29.4 Å². The normalized spacial score (nSPS) is 14.4. The number of alkyl halides is 3. The van der Waals surface area contributed by atoms with Crippen molar-refractivity contribution < 1.29 is 32.5 Å². The molecule has 1 N–H and O–H groups in total. The average molecular weight is 511 g/mol. The summed E-state index contributed by atoms with van der Waals surface area (Å²) in [4.78, 5) is 12.2. The monoisotopic (exact) mass is 510 g/mol. The summed E-state index contributed by atoms with van der Waals surface area (Å²) in [6.45, 7) is 0.564. The minimum atomic E-state index is -4.82. The van der Waals surface area contributed by atoms with Crippen molar-refractivity contribution in [1.29, 1.82) is 0 Å². The van der Waals surface area contributed by atoms with E-state index in [9.17, 15) is 23.1 Å². The third kappa shape index (κ3) is 4.12. The van der Waals surface area contributed by atoms with E-state index in [1.165, 1.54) is 16.9 Å². The van der Waals surface area contributed by atoms with Gasteiger partial charge in [0.25, 0.3) is 0 Å². The van der Waals surface area contributed by atoms with Gasteiger partial charge in [-0.2, -0.15) is 18.3 Å². The molecular formula is C22H18BrF3N2O4. The molecule has 0 aliphatic carbocycles. The van der Waals surface area contributed by atoms with Crippen LogP contribution in [0, 0.1) is 0 Å². The SMILES string of the molecule is COC(=O)C(O)c1c(C(F)(F)F)ccc(-n2cc(Br)cn2)c1-c1ccc2c(c1)CCCO2. The zero-order valence-electron chi connectivity index (χ0n) is 16.8. The molecule has 4 rings (SSSR count). The molecule has 0 bridgehead atoms. The van der Waals surface area contributed by atoms with Gasteiger partial charge >= 0.3 is 12.1 Å². The Balaban J connectivity index is 2.06. The smallest absolute Gasteiger partial charge is 0.416 e. The first kappa shape index (κ1) is 22.3. The number of aromatic nitrogens is 2. The van der Waals surface area contributed by atoms with Crippen LogP contribution >= 0.6 is 15.9 Å². The molecule has 0 radical (unpaired) electrons. The Hall–Kier alpha value is -2.85. The van der Waals surface area contributed by atoms with Gasteiger partial charge < -0.3 is 14.6 Å². The number of hydrogen-bond donors (Lipinski definition) is 1. The fraction of sp³-hybridized carbons (Fsp3) is 0.273. The van der Waals surface area contributed by atoms with Crippen molar-refractivity contribution in [3.8, 4) is 22.6 Å². The Labute approximate surface area is 189 Å². The number of hydrogen-bond acceptors (Lipinski definition) is 5. The van der Waals surface area contributed by atoms with Crippen molar-refractivity contribution in [2.45, 2.75) is 25.1 Å². The number of aliphatic hydroxyl groups excluding tert-OH is 1. The summed E-state index contributed by atoms with van der Waals surface area (Å²) in [5.74, 6) is -0.540. The van der Waals surface area contributed by atoms with Crippen molar-refractivity contribution in [2.24, 2.45) is 0 Å². The molecular weight excluding hydrogens is 493 g/mol. The van der Waals surface area contributed by atoms with E-state index in [1.54, 1.807) is 24.4 Å². The maximum atomic E-state index is 14.0. The summed E-state index contributed by atoms with van der Waals surface area (Å²) in [5, 5.41) is 14.8. The predicted molar refractivity (Wildman–Crippen MR) is 112 cm³/mol. The van der Waals surface area contributed by atoms with Gasteiger partial charge in [0.1, 0.15) is 5.75 Å². The Morgan fingerprint density at radius 2 is 2.09 bits per heavy atom. The van der Waals surface area contributed by atoms with E-state index in [0.717, 1.165) is 25.2 Å². The van der Waals surface area contributed by atoms with Gasteiger partial charge in [-0.3, -0.25) is 0 Å². The van der Waals surface area contributed by atoms with Crippen molar-refractivity contribution in [3.63, 3.8) is 0 Å². The van der Waals surface area contributed by atoms with Gasteiger partial charge in [-0.25, -0.2) is 9.48 Å². The van der Waals surface area contributed by atoms with E-state index in [-0.39, 0.29) is 11.3 Å². The predicted octanol–water partition coefficient (Wildman–Crippen LogP) is 4.85. The molecule has 3 aromatic rings. The number of methoxy groups -OCH3 is 1. The molecule has 2 heterocycles. The van der Waals surface area contributed by atoms with Crippen LogP contribution in [0.1, 0.15) is 29.2 Å². The third-order valence-corrected chi connectivity index (χ3v) is 5.63. The third-order valence-electron chi connectivity index (χ3n) is 5.22. The molecule has 1 unspecified atom stereocenters. The summed E-state index contributed by atoms with van der Waals surface area (Å²) in [6, 6.07) is 7.11. The molecule has 1 aromatic heterocycles. The number of nitrogens with zero attached hydrogens (tertiary/aromatic N) is 2. The summed E-state index contributed by atoms with van der Waals surface area (Å²) in [7, 11) is 1.00. The van der Waals surface area contributed by atoms with Gasteiger partial charge in [0, 0.05) is 17.3 Å². The standard InChI is InChI=1S/C22H18BrF3N2O4/c1-31-21(30)20(29)19-15(22(24,25)26)5-6-16(28-11-14(23)10-27-28)18(19)13-4-7-17-12(9-13)3-2-8-32-17/h4-7,9-11,20,29H,2-3,8H2,1H3. The van der Waals surface area contributed by atoms with Crippen LogP contribution in [-0.4, -0.2) is 34.6 Å². The highest BCUT2D eigenvalue weighted by Gasteiger charge is 2.39. The topological polar surface area (TPSA) is 73.6 Å². The van der Waals surface area contributed by atoms with Crippen molar-refractivity contribution in [1.82, 2.24) is 9.78 Å². The molecule has 0 spiro atoms. The zero-order chi connectivity index (χ0) is 23.0. The van der Waals surface area contributed by atoms with E-state index in [4.69, 9.17) is 4.74 Å². The maximum Gasteiger partial charge on any atom is 0.416 e. The number of carbonyl (C=O) groups is 1. The van der Waals surface area contributed by atoms with E-state index in [2.05, 4.69) is 25.8 Å². The molecule has 32 heavy (non-hydrogen) atoms. The minimum absolute atomic E-state index is 0.0294. The lowest BCUT2D eigenvalue weighted by atomic mass is 9.88. The summed E-state index contributed by atoms with van der Waals surface area (Å²) in [5.41, 5.74) is -0.211. The Kier molecular flexibility index (Phi) is 6.00. The van der Waals surface area contributed by atoms with Crippen LogP contribution in [-0.2, 0) is 22.1 Å². The first-order valence-electron chi connectivity index (χ1n) is 9.67. The molecule has 168 valence electrons. The molecule has 2 aromatic carbocycles. The fourth-order valence-corrected chi connectivity index (χ4v) is 4.10. The van der Waals surface area contributed by atoms with E-state index >= 15 is 0 Å². The maximum absolute atomic E-state index is 14.0. The van der Waals surface area contributed by atoms with Crippen LogP contribution in [0.25, 0.3) is 16.8 Å². The minimum Gasteiger partial charge on any atom is -0.493 e. The van der Waals surface area contributed by atoms with Gasteiger partial charge in [-0.05, 0) is 64.2 Å². The van der Waals surface area contributed by atoms with Gasteiger partial charge in [0.05, 0.1) is 35.6 Å². The van der Waals surface area contributed by atoms with Crippen LogP contribution in [0.2, 0.25) is 0 Å². The molecule has 0 saturated carbocycles. The van der Waals surface area contributed by atoms with Gasteiger partial charge in [-0.1, -0.05) is 6.07 Å². The first-order chi connectivity index (χ1) is 15.2. The van der Waals surface area contributed by atoms with Crippen molar-refractivity contribution in [2.75, 3.05) is 13.7 Å². The zero-order valence-corrected chi connectivity index (χ0v) is 18.4. The molecule has 0 saturated heterocycles. The number of benzene rings is 2. The van der Waals surface area contributed by atoms with Crippen LogP contribution in [0.5, 0.6) is 5.75 Å². The Morgan fingerprint density at radius 3 is 2.75 bits per heavy atom. The van der Waals surface area contributed by atoms with Crippen molar-refractivity contribution >= 4 is 21.9 Å². The number of halogens is 4. The molecule has 0 amide bonds. The van der Waals surface area contributed by atoms with Crippen LogP contribution < -0.4 is 4.74 Å². The highest BCUT2D eigenvalue weighted by atomic mass is 79.9. The summed E-state index contributed by atoms with van der Waals surface area (Å²) < 4.78 is 54.1. The van der Waals surface area contributed by atoms with Crippen LogP contribution in [0.4, 0.5) is 13.2 Å². The molecule has 1 aliphatic rings. The number of aliphatic hydroxyl groups is 1. The summed E-state index contributed by atoms with van der Waals surface area (Å²) in [6.07, 6.45) is -2.45. The second-order valence-electron chi connectivity index (χ2n) is 7.22. The summed E-state index contributed by atoms with van der Waals surface area (Å²) >= 11 is 3.28. The number of ether oxygens (including phenoxy) is 2. The second-order valence-corrected chi connectivity index (χ2v) is 8.14. The van der Waals surface area contributed by atoms with Gasteiger partial charge in [0.2, 0.25) is 0 Å². The van der Waals surface area contributed by atoms with Crippen molar-refractivity contribution in [3.05, 3.63) is 63.9 Å². The Morgan fingerprint density at radius 1 is 1.31 bits per heavy atom. The quantitative estimate of drug-likeness (QED) is 0.507. The average Bonchev–Trinajstić information content (AvgIpc) is 3.22. The lowest BCUT2D eigenvalue weighted by Crippen LogP contribution is -2.21. The number of carbonyl (C=O) groups excluding carboxylic acids is 1. The number of esters is 1. The molecule has 6 nitrogen and oxygen atoms in total. The lowest BCUT2D eigenvalue weighted by Gasteiger charge is -2.24. The lowest BCUT2D eigenvalue weighted by molar-refractivity contribution is -0.152. The first-order valence-corrected chi connectivity index (χ1v) is 10.5. The second kappa shape index (κ2) is 8.59. The van der Waals surface area contributed by atoms with Crippen LogP contribution in [0.3, 0.4) is 0 Å². The Bertz CT molecular complexity index is 1180. The molecule has 1 aliphatic heterocycles.